The van der Waals surface area contributed by atoms with Gasteiger partial charge >= 0.3 is 0 Å². The molecule has 3 nitrogen and oxygen atoms in total. The summed E-state index contributed by atoms with van der Waals surface area (Å²) in [6.07, 6.45) is 4.25. The van der Waals surface area contributed by atoms with Gasteiger partial charge in [-0.2, -0.15) is 0 Å². The molecule has 0 spiro atoms. The predicted molar refractivity (Wildman–Crippen MR) is 67.2 cm³/mol. The van der Waals surface area contributed by atoms with Crippen molar-refractivity contribution in [3.05, 3.63) is 42.7 Å². The lowest BCUT2D eigenvalue weighted by molar-refractivity contribution is 0.429. The summed E-state index contributed by atoms with van der Waals surface area (Å²) < 4.78 is 0. The van der Waals surface area contributed by atoms with Crippen molar-refractivity contribution in [2.24, 2.45) is 0 Å². The first-order valence-corrected chi connectivity index (χ1v) is 5.63. The number of rotatable bonds is 2. The minimum absolute atomic E-state index is 0.934. The SMILES string of the molecule is CCN1C=CN(c2cc3ccccc3[nH]2)C1. The minimum atomic E-state index is 0.934. The van der Waals surface area contributed by atoms with Gasteiger partial charge in [-0.3, -0.25) is 0 Å². The van der Waals surface area contributed by atoms with E-state index in [1.807, 2.05) is 0 Å². The molecule has 0 amide bonds. The van der Waals surface area contributed by atoms with Gasteiger partial charge in [-0.15, -0.1) is 0 Å². The molecule has 2 heterocycles. The second kappa shape index (κ2) is 3.59. The maximum absolute atomic E-state index is 3.43. The van der Waals surface area contributed by atoms with Gasteiger partial charge < -0.3 is 14.8 Å². The second-order valence-electron chi connectivity index (χ2n) is 4.06. The van der Waals surface area contributed by atoms with Gasteiger partial charge in [0, 0.05) is 29.8 Å². The average Bonchev–Trinajstić information content (AvgIpc) is 2.95. The quantitative estimate of drug-likeness (QED) is 0.828. The summed E-state index contributed by atoms with van der Waals surface area (Å²) in [4.78, 5) is 7.93. The fourth-order valence-corrected chi connectivity index (χ4v) is 2.04. The molecule has 0 unspecified atom stereocenters. The fraction of sp³-hybridized carbons (Fsp3) is 0.231. The summed E-state index contributed by atoms with van der Waals surface area (Å²) in [5.74, 6) is 1.16. The molecule has 0 saturated carbocycles. The molecule has 82 valence electrons. The standard InChI is InChI=1S/C13H15N3/c1-2-15-7-8-16(10-15)13-9-11-5-3-4-6-12(11)14-13/h3-9,14H,2,10H2,1H3. The van der Waals surface area contributed by atoms with Crippen molar-refractivity contribution in [1.82, 2.24) is 9.88 Å². The molecule has 0 saturated heterocycles. The normalized spacial score (nSPS) is 15.3. The van der Waals surface area contributed by atoms with Crippen LogP contribution in [0.4, 0.5) is 5.82 Å². The monoisotopic (exact) mass is 213 g/mol. The number of aromatic amines is 1. The molecule has 3 heteroatoms. The van der Waals surface area contributed by atoms with Crippen LogP contribution in [0.25, 0.3) is 10.9 Å². The average molecular weight is 213 g/mol. The molecule has 0 atom stereocenters. The second-order valence-corrected chi connectivity index (χ2v) is 4.06. The van der Waals surface area contributed by atoms with Gasteiger partial charge in [-0.25, -0.2) is 0 Å². The smallest absolute Gasteiger partial charge is 0.112 e. The third kappa shape index (κ3) is 1.45. The van der Waals surface area contributed by atoms with Crippen molar-refractivity contribution in [2.75, 3.05) is 18.1 Å². The van der Waals surface area contributed by atoms with Crippen LogP contribution in [0.5, 0.6) is 0 Å². The molecule has 0 bridgehead atoms. The summed E-state index contributed by atoms with van der Waals surface area (Å²) in [5, 5.41) is 1.26. The van der Waals surface area contributed by atoms with Gasteiger partial charge in [0.2, 0.25) is 0 Å². The molecule has 16 heavy (non-hydrogen) atoms. The Kier molecular flexibility index (Phi) is 2.10. The lowest BCUT2D eigenvalue weighted by atomic mass is 10.2. The Morgan fingerprint density at radius 3 is 2.88 bits per heavy atom. The molecule has 1 aromatic heterocycles. The Balaban J connectivity index is 1.93. The van der Waals surface area contributed by atoms with E-state index in [1.54, 1.807) is 0 Å². The van der Waals surface area contributed by atoms with Crippen LogP contribution in [0, 0.1) is 0 Å². The molecule has 0 aliphatic carbocycles. The van der Waals surface area contributed by atoms with Gasteiger partial charge in [-0.1, -0.05) is 18.2 Å². The predicted octanol–water partition coefficient (Wildman–Crippen LogP) is 2.74. The molecule has 0 fully saturated rings. The van der Waals surface area contributed by atoms with Crippen LogP contribution >= 0.6 is 0 Å². The Morgan fingerprint density at radius 2 is 2.12 bits per heavy atom. The zero-order valence-corrected chi connectivity index (χ0v) is 9.35. The molecule has 0 radical (unpaired) electrons. The number of anilines is 1. The van der Waals surface area contributed by atoms with Crippen LogP contribution < -0.4 is 4.90 Å². The van der Waals surface area contributed by atoms with Crippen LogP contribution in [0.3, 0.4) is 0 Å². The van der Waals surface area contributed by atoms with Gasteiger partial charge in [0.1, 0.15) is 5.82 Å². The van der Waals surface area contributed by atoms with Crippen molar-refractivity contribution in [3.63, 3.8) is 0 Å². The summed E-state index contributed by atoms with van der Waals surface area (Å²) in [6, 6.07) is 10.6. The Hall–Kier alpha value is -1.90. The van der Waals surface area contributed by atoms with E-state index >= 15 is 0 Å². The lowest BCUT2D eigenvalue weighted by Gasteiger charge is -2.18. The van der Waals surface area contributed by atoms with E-state index in [-0.39, 0.29) is 0 Å². The van der Waals surface area contributed by atoms with E-state index in [0.717, 1.165) is 19.0 Å². The van der Waals surface area contributed by atoms with Crippen LogP contribution in [0.15, 0.2) is 42.7 Å². The Morgan fingerprint density at radius 1 is 1.25 bits per heavy atom. The number of hydrogen-bond acceptors (Lipinski definition) is 2. The van der Waals surface area contributed by atoms with Crippen molar-refractivity contribution >= 4 is 16.7 Å². The first-order chi connectivity index (χ1) is 7.86. The summed E-state index contributed by atoms with van der Waals surface area (Å²) in [6.45, 7) is 4.15. The van der Waals surface area contributed by atoms with Gasteiger partial charge in [0.25, 0.3) is 0 Å². The number of para-hydroxylation sites is 1. The van der Waals surface area contributed by atoms with E-state index in [9.17, 15) is 0 Å². The highest BCUT2D eigenvalue weighted by molar-refractivity contribution is 5.84. The number of aromatic nitrogens is 1. The van der Waals surface area contributed by atoms with Crippen LogP contribution in [0.1, 0.15) is 6.92 Å². The molecular formula is C13H15N3. The van der Waals surface area contributed by atoms with E-state index in [0.29, 0.717) is 0 Å². The molecule has 1 aromatic carbocycles. The van der Waals surface area contributed by atoms with Crippen LogP contribution in [-0.2, 0) is 0 Å². The molecule has 1 aliphatic rings. The summed E-state index contributed by atoms with van der Waals surface area (Å²) >= 11 is 0. The fourth-order valence-electron chi connectivity index (χ4n) is 2.04. The number of hydrogen-bond donors (Lipinski definition) is 1. The van der Waals surface area contributed by atoms with E-state index in [4.69, 9.17) is 0 Å². The van der Waals surface area contributed by atoms with E-state index in [2.05, 4.69) is 64.4 Å². The highest BCUT2D eigenvalue weighted by atomic mass is 15.4. The highest BCUT2D eigenvalue weighted by Crippen LogP contribution is 2.23. The van der Waals surface area contributed by atoms with Crippen LogP contribution in [-0.4, -0.2) is 23.1 Å². The van der Waals surface area contributed by atoms with Crippen molar-refractivity contribution in [3.8, 4) is 0 Å². The van der Waals surface area contributed by atoms with Gasteiger partial charge in [-0.05, 0) is 19.1 Å². The van der Waals surface area contributed by atoms with Gasteiger partial charge in [0.15, 0.2) is 0 Å². The first kappa shape index (κ1) is 9.33. The number of benzene rings is 1. The minimum Gasteiger partial charge on any atom is -0.358 e. The van der Waals surface area contributed by atoms with Crippen LogP contribution in [0.2, 0.25) is 0 Å². The number of H-pyrrole nitrogens is 1. The third-order valence-corrected chi connectivity index (χ3v) is 3.02. The molecule has 3 rings (SSSR count). The summed E-state index contributed by atoms with van der Waals surface area (Å²) in [7, 11) is 0. The largest absolute Gasteiger partial charge is 0.358 e. The highest BCUT2D eigenvalue weighted by Gasteiger charge is 2.13. The third-order valence-electron chi connectivity index (χ3n) is 3.02. The van der Waals surface area contributed by atoms with Gasteiger partial charge in [0.05, 0.1) is 6.67 Å². The maximum atomic E-state index is 3.43. The molecule has 2 aromatic rings. The number of fused-ring (bicyclic) bond motifs is 1. The molecular weight excluding hydrogens is 198 g/mol. The number of nitrogens with zero attached hydrogens (tertiary/aromatic N) is 2. The van der Waals surface area contributed by atoms with Crippen molar-refractivity contribution in [1.29, 1.82) is 0 Å². The molecule has 1 N–H and O–H groups in total. The van der Waals surface area contributed by atoms with Crippen molar-refractivity contribution in [2.45, 2.75) is 6.92 Å². The summed E-state index contributed by atoms with van der Waals surface area (Å²) in [5.41, 5.74) is 1.20. The number of nitrogens with one attached hydrogen (secondary N) is 1. The van der Waals surface area contributed by atoms with E-state index in [1.165, 1.54) is 10.9 Å². The van der Waals surface area contributed by atoms with E-state index < -0.39 is 0 Å². The topological polar surface area (TPSA) is 22.3 Å². The lowest BCUT2D eigenvalue weighted by Crippen LogP contribution is -2.24. The zero-order valence-electron chi connectivity index (χ0n) is 9.35. The maximum Gasteiger partial charge on any atom is 0.112 e. The zero-order chi connectivity index (χ0) is 11.0. The van der Waals surface area contributed by atoms with Crippen molar-refractivity contribution < 1.29 is 0 Å². The Bertz CT molecular complexity index is 494. The Labute approximate surface area is 95.0 Å². The molecule has 1 aliphatic heterocycles. The first-order valence-electron chi connectivity index (χ1n) is 5.63.